The second-order valence-electron chi connectivity index (χ2n) is 6.44. The van der Waals surface area contributed by atoms with Crippen molar-refractivity contribution in [1.82, 2.24) is 5.32 Å². The third kappa shape index (κ3) is 3.35. The number of hydrogen-bond donors (Lipinski definition) is 1. The molecule has 2 aliphatic rings. The molecule has 1 aromatic rings. The third-order valence-electron chi connectivity index (χ3n) is 5.01. The van der Waals surface area contributed by atoms with E-state index < -0.39 is 0 Å². The Labute approximate surface area is 122 Å². The van der Waals surface area contributed by atoms with Gasteiger partial charge < -0.3 is 10.1 Å². The van der Waals surface area contributed by atoms with Crippen LogP contribution in [-0.2, 0) is 6.42 Å². The first kappa shape index (κ1) is 13.9. The number of hydrogen-bond acceptors (Lipinski definition) is 2. The summed E-state index contributed by atoms with van der Waals surface area (Å²) in [5.74, 6) is 2.06. The predicted octanol–water partition coefficient (Wildman–Crippen LogP) is 3.94. The number of rotatable bonds is 4. The SMILES string of the molecule is CCC1CCCC(NCC2Cc3ccccc3O2)CC1. The van der Waals surface area contributed by atoms with Crippen LogP contribution in [0.3, 0.4) is 0 Å². The Bertz CT molecular complexity index is 406. The lowest BCUT2D eigenvalue weighted by atomic mass is 9.98. The fourth-order valence-electron chi connectivity index (χ4n) is 3.66. The Morgan fingerprint density at radius 2 is 2.05 bits per heavy atom. The van der Waals surface area contributed by atoms with E-state index in [1.54, 1.807) is 0 Å². The van der Waals surface area contributed by atoms with Crippen molar-refractivity contribution in [1.29, 1.82) is 0 Å². The minimum absolute atomic E-state index is 0.331. The molecular weight excluding hydrogens is 246 g/mol. The number of nitrogens with one attached hydrogen (secondary N) is 1. The molecule has 0 radical (unpaired) electrons. The minimum Gasteiger partial charge on any atom is -0.488 e. The second-order valence-corrected chi connectivity index (χ2v) is 6.44. The van der Waals surface area contributed by atoms with E-state index in [9.17, 15) is 0 Å². The van der Waals surface area contributed by atoms with Crippen molar-refractivity contribution in [2.45, 2.75) is 64.0 Å². The molecule has 20 heavy (non-hydrogen) atoms. The van der Waals surface area contributed by atoms with Crippen LogP contribution >= 0.6 is 0 Å². The number of benzene rings is 1. The number of para-hydroxylation sites is 1. The summed E-state index contributed by atoms with van der Waals surface area (Å²) in [4.78, 5) is 0. The van der Waals surface area contributed by atoms with Crippen LogP contribution in [0.25, 0.3) is 0 Å². The largest absolute Gasteiger partial charge is 0.488 e. The van der Waals surface area contributed by atoms with Gasteiger partial charge in [-0.3, -0.25) is 0 Å². The predicted molar refractivity (Wildman–Crippen MR) is 83.2 cm³/mol. The maximum atomic E-state index is 6.01. The van der Waals surface area contributed by atoms with Gasteiger partial charge in [-0.15, -0.1) is 0 Å². The van der Waals surface area contributed by atoms with Crippen LogP contribution in [0.15, 0.2) is 24.3 Å². The molecule has 1 saturated carbocycles. The Balaban J connectivity index is 1.44. The lowest BCUT2D eigenvalue weighted by Crippen LogP contribution is -2.37. The van der Waals surface area contributed by atoms with E-state index in [0.717, 1.165) is 24.6 Å². The molecule has 0 aromatic heterocycles. The summed E-state index contributed by atoms with van der Waals surface area (Å²) in [5, 5.41) is 3.76. The highest BCUT2D eigenvalue weighted by molar-refractivity contribution is 5.37. The third-order valence-corrected chi connectivity index (χ3v) is 5.01. The first-order valence-corrected chi connectivity index (χ1v) is 8.33. The molecule has 1 fully saturated rings. The van der Waals surface area contributed by atoms with Gasteiger partial charge in [-0.25, -0.2) is 0 Å². The molecular formula is C18H27NO. The summed E-state index contributed by atoms with van der Waals surface area (Å²) in [6, 6.07) is 9.15. The van der Waals surface area contributed by atoms with Gasteiger partial charge >= 0.3 is 0 Å². The smallest absolute Gasteiger partial charge is 0.123 e. The molecule has 1 aliphatic heterocycles. The molecule has 0 spiro atoms. The molecule has 3 unspecified atom stereocenters. The van der Waals surface area contributed by atoms with Gasteiger partial charge in [0.15, 0.2) is 0 Å². The average molecular weight is 273 g/mol. The van der Waals surface area contributed by atoms with Crippen molar-refractivity contribution in [2.75, 3.05) is 6.54 Å². The van der Waals surface area contributed by atoms with Gasteiger partial charge in [-0.1, -0.05) is 44.4 Å². The summed E-state index contributed by atoms with van der Waals surface area (Å²) in [5.41, 5.74) is 1.37. The Morgan fingerprint density at radius 1 is 1.15 bits per heavy atom. The highest BCUT2D eigenvalue weighted by Gasteiger charge is 2.24. The first-order chi connectivity index (χ1) is 9.85. The van der Waals surface area contributed by atoms with Crippen LogP contribution in [0.1, 0.15) is 51.0 Å². The van der Waals surface area contributed by atoms with Crippen LogP contribution in [-0.4, -0.2) is 18.7 Å². The van der Waals surface area contributed by atoms with Gasteiger partial charge in [0, 0.05) is 19.0 Å². The number of fused-ring (bicyclic) bond motifs is 1. The molecule has 110 valence electrons. The van der Waals surface area contributed by atoms with Gasteiger partial charge in [0.1, 0.15) is 11.9 Å². The maximum absolute atomic E-state index is 6.01. The molecule has 1 aliphatic carbocycles. The van der Waals surface area contributed by atoms with E-state index in [2.05, 4.69) is 36.5 Å². The zero-order valence-corrected chi connectivity index (χ0v) is 12.6. The Kier molecular flexibility index (Phi) is 4.62. The molecule has 0 saturated heterocycles. The Hall–Kier alpha value is -1.02. The van der Waals surface area contributed by atoms with E-state index in [1.807, 2.05) is 0 Å². The van der Waals surface area contributed by atoms with E-state index >= 15 is 0 Å². The van der Waals surface area contributed by atoms with Gasteiger partial charge in [0.2, 0.25) is 0 Å². The van der Waals surface area contributed by atoms with Crippen molar-refractivity contribution in [3.63, 3.8) is 0 Å². The van der Waals surface area contributed by atoms with Crippen molar-refractivity contribution in [3.8, 4) is 5.75 Å². The van der Waals surface area contributed by atoms with Crippen molar-refractivity contribution in [2.24, 2.45) is 5.92 Å². The normalized spacial score (nSPS) is 29.6. The molecule has 0 amide bonds. The van der Waals surface area contributed by atoms with E-state index in [-0.39, 0.29) is 0 Å². The highest BCUT2D eigenvalue weighted by Crippen LogP contribution is 2.29. The standard InChI is InChI=1S/C18H27NO/c1-2-14-6-5-8-16(11-10-14)19-13-17-12-15-7-3-4-9-18(15)20-17/h3-4,7,9,14,16-17,19H,2,5-6,8,10-13H2,1H3. The zero-order valence-electron chi connectivity index (χ0n) is 12.6. The topological polar surface area (TPSA) is 21.3 Å². The van der Waals surface area contributed by atoms with Gasteiger partial charge in [0.05, 0.1) is 0 Å². The Morgan fingerprint density at radius 3 is 2.90 bits per heavy atom. The van der Waals surface area contributed by atoms with Crippen LogP contribution < -0.4 is 10.1 Å². The van der Waals surface area contributed by atoms with Gasteiger partial charge in [-0.05, 0) is 36.8 Å². The number of ether oxygens (including phenoxy) is 1. The van der Waals surface area contributed by atoms with Crippen molar-refractivity contribution >= 4 is 0 Å². The molecule has 1 N–H and O–H groups in total. The molecule has 2 nitrogen and oxygen atoms in total. The van der Waals surface area contributed by atoms with Crippen molar-refractivity contribution in [3.05, 3.63) is 29.8 Å². The fourth-order valence-corrected chi connectivity index (χ4v) is 3.66. The summed E-state index contributed by atoms with van der Waals surface area (Å²) < 4.78 is 6.01. The van der Waals surface area contributed by atoms with Crippen LogP contribution in [0, 0.1) is 5.92 Å². The van der Waals surface area contributed by atoms with E-state index in [1.165, 1.54) is 44.1 Å². The second kappa shape index (κ2) is 6.62. The van der Waals surface area contributed by atoms with E-state index in [0.29, 0.717) is 12.1 Å². The summed E-state index contributed by atoms with van der Waals surface area (Å²) in [7, 11) is 0. The monoisotopic (exact) mass is 273 g/mol. The quantitative estimate of drug-likeness (QED) is 0.839. The molecule has 3 atom stereocenters. The van der Waals surface area contributed by atoms with Crippen LogP contribution in [0.5, 0.6) is 5.75 Å². The average Bonchev–Trinajstić information content (AvgIpc) is 2.75. The maximum Gasteiger partial charge on any atom is 0.123 e. The van der Waals surface area contributed by atoms with E-state index in [4.69, 9.17) is 4.74 Å². The van der Waals surface area contributed by atoms with Crippen LogP contribution in [0.2, 0.25) is 0 Å². The molecule has 0 bridgehead atoms. The summed E-state index contributed by atoms with van der Waals surface area (Å²) >= 11 is 0. The molecule has 1 aromatic carbocycles. The molecule has 1 heterocycles. The zero-order chi connectivity index (χ0) is 13.8. The fraction of sp³-hybridized carbons (Fsp3) is 0.667. The first-order valence-electron chi connectivity index (χ1n) is 8.33. The lowest BCUT2D eigenvalue weighted by Gasteiger charge is -2.19. The van der Waals surface area contributed by atoms with Gasteiger partial charge in [-0.2, -0.15) is 0 Å². The van der Waals surface area contributed by atoms with Crippen molar-refractivity contribution < 1.29 is 4.74 Å². The molecule has 3 rings (SSSR count). The summed E-state index contributed by atoms with van der Waals surface area (Å²) in [6.07, 6.45) is 9.66. The molecule has 2 heteroatoms. The summed E-state index contributed by atoms with van der Waals surface area (Å²) in [6.45, 7) is 3.33. The van der Waals surface area contributed by atoms with Gasteiger partial charge in [0.25, 0.3) is 0 Å². The lowest BCUT2D eigenvalue weighted by molar-refractivity contribution is 0.218. The van der Waals surface area contributed by atoms with Crippen LogP contribution in [0.4, 0.5) is 0 Å². The minimum atomic E-state index is 0.331. The highest BCUT2D eigenvalue weighted by atomic mass is 16.5.